The zero-order valence-electron chi connectivity index (χ0n) is 12.3. The third kappa shape index (κ3) is 2.65. The average molecular weight is 269 g/mol. The van der Waals surface area contributed by atoms with E-state index in [1.165, 1.54) is 36.8 Å². The summed E-state index contributed by atoms with van der Waals surface area (Å²) in [4.78, 5) is 13.4. The third-order valence-electron chi connectivity index (χ3n) is 4.79. The van der Waals surface area contributed by atoms with Crippen LogP contribution >= 0.6 is 0 Å². The fourth-order valence-corrected chi connectivity index (χ4v) is 3.61. The number of benzene rings is 1. The second-order valence-electron chi connectivity index (χ2n) is 6.13. The van der Waals surface area contributed by atoms with Crippen molar-refractivity contribution in [1.82, 2.24) is 4.90 Å². The zero-order chi connectivity index (χ0) is 13.9. The Hall–Kier alpha value is -1.57. The van der Waals surface area contributed by atoms with Gasteiger partial charge in [0.2, 0.25) is 6.41 Å². The smallest absolute Gasteiger partial charge is 0.210 e. The van der Waals surface area contributed by atoms with Gasteiger partial charge in [-0.2, -0.15) is 0 Å². The van der Waals surface area contributed by atoms with Gasteiger partial charge in [-0.3, -0.25) is 4.79 Å². The van der Waals surface area contributed by atoms with E-state index in [9.17, 15) is 4.79 Å². The third-order valence-corrected chi connectivity index (χ3v) is 4.79. The largest absolute Gasteiger partial charge is 0.338 e. The molecule has 1 amide bonds. The van der Waals surface area contributed by atoms with Gasteiger partial charge in [0.1, 0.15) is 0 Å². The van der Waals surface area contributed by atoms with E-state index in [0.717, 1.165) is 25.8 Å². The molecule has 1 heterocycles. The van der Waals surface area contributed by atoms with Gasteiger partial charge < -0.3 is 4.90 Å². The zero-order valence-corrected chi connectivity index (χ0v) is 12.3. The highest BCUT2D eigenvalue weighted by molar-refractivity contribution is 5.51. The minimum absolute atomic E-state index is 0.305. The molecular formula is C18H23NO. The van der Waals surface area contributed by atoms with Crippen molar-refractivity contribution in [3.63, 3.8) is 0 Å². The number of carbonyl (C=O) groups is 1. The van der Waals surface area contributed by atoms with Crippen LogP contribution in [0.2, 0.25) is 0 Å². The molecule has 0 spiro atoms. The Morgan fingerprint density at radius 3 is 2.65 bits per heavy atom. The molecule has 0 unspecified atom stereocenters. The van der Waals surface area contributed by atoms with Crippen molar-refractivity contribution in [2.75, 3.05) is 6.54 Å². The van der Waals surface area contributed by atoms with Gasteiger partial charge in [-0.25, -0.2) is 0 Å². The summed E-state index contributed by atoms with van der Waals surface area (Å²) in [6.07, 6.45) is 8.18. The van der Waals surface area contributed by atoms with Crippen LogP contribution in [0, 0.1) is 6.92 Å². The summed E-state index contributed by atoms with van der Waals surface area (Å²) in [7, 11) is 0. The topological polar surface area (TPSA) is 20.3 Å². The second-order valence-corrected chi connectivity index (χ2v) is 6.13. The summed E-state index contributed by atoms with van der Waals surface area (Å²) >= 11 is 0. The standard InChI is InChI=1S/C18H23NO/c1-14-6-8-15(9-7-14)12-18-17-5-3-2-4-16(17)10-11-19(18)13-20/h6-9,13,18H,2-5,10-12H2,1H3/t18-/m0/s1. The summed E-state index contributed by atoms with van der Waals surface area (Å²) in [6, 6.07) is 9.05. The molecule has 0 saturated carbocycles. The number of hydrogen-bond acceptors (Lipinski definition) is 1. The van der Waals surface area contributed by atoms with Crippen LogP contribution in [-0.4, -0.2) is 23.9 Å². The monoisotopic (exact) mass is 269 g/mol. The van der Waals surface area contributed by atoms with Crippen molar-refractivity contribution >= 4 is 6.41 Å². The van der Waals surface area contributed by atoms with Gasteiger partial charge in [0.25, 0.3) is 0 Å². The molecule has 20 heavy (non-hydrogen) atoms. The van der Waals surface area contributed by atoms with Crippen molar-refractivity contribution in [1.29, 1.82) is 0 Å². The lowest BCUT2D eigenvalue weighted by Gasteiger charge is -2.39. The predicted molar refractivity (Wildman–Crippen MR) is 81.6 cm³/mol. The SMILES string of the molecule is Cc1ccc(C[C@H]2C3=C(CCCC3)CCN2C=O)cc1. The summed E-state index contributed by atoms with van der Waals surface area (Å²) in [5.74, 6) is 0. The van der Waals surface area contributed by atoms with E-state index in [1.54, 1.807) is 11.1 Å². The van der Waals surface area contributed by atoms with Crippen LogP contribution in [0.25, 0.3) is 0 Å². The van der Waals surface area contributed by atoms with E-state index in [0.29, 0.717) is 6.04 Å². The minimum atomic E-state index is 0.305. The van der Waals surface area contributed by atoms with Crippen LogP contribution < -0.4 is 0 Å². The first kappa shape index (κ1) is 13.4. The maximum Gasteiger partial charge on any atom is 0.210 e. The molecule has 2 aliphatic rings. The van der Waals surface area contributed by atoms with Crippen molar-refractivity contribution in [2.45, 2.75) is 51.5 Å². The van der Waals surface area contributed by atoms with Gasteiger partial charge in [-0.1, -0.05) is 35.4 Å². The molecule has 1 atom stereocenters. The molecule has 0 radical (unpaired) electrons. The molecule has 106 valence electrons. The number of nitrogens with zero attached hydrogens (tertiary/aromatic N) is 1. The highest BCUT2D eigenvalue weighted by atomic mass is 16.1. The number of carbonyl (C=O) groups excluding carboxylic acids is 1. The molecule has 0 aromatic heterocycles. The molecular weight excluding hydrogens is 246 g/mol. The average Bonchev–Trinajstić information content (AvgIpc) is 2.50. The van der Waals surface area contributed by atoms with Crippen LogP contribution in [0.5, 0.6) is 0 Å². The van der Waals surface area contributed by atoms with Gasteiger partial charge in [0, 0.05) is 6.54 Å². The number of rotatable bonds is 3. The number of aryl methyl sites for hydroxylation is 1. The Morgan fingerprint density at radius 2 is 1.90 bits per heavy atom. The van der Waals surface area contributed by atoms with Crippen molar-refractivity contribution in [3.8, 4) is 0 Å². The Morgan fingerprint density at radius 1 is 1.15 bits per heavy atom. The van der Waals surface area contributed by atoms with E-state index in [4.69, 9.17) is 0 Å². The molecule has 1 aliphatic carbocycles. The second kappa shape index (κ2) is 5.82. The van der Waals surface area contributed by atoms with Crippen molar-refractivity contribution < 1.29 is 4.79 Å². The lowest BCUT2D eigenvalue weighted by atomic mass is 9.80. The maximum absolute atomic E-state index is 11.4. The quantitative estimate of drug-likeness (QED) is 0.606. The Bertz CT molecular complexity index is 515. The molecule has 0 saturated heterocycles. The van der Waals surface area contributed by atoms with Gasteiger partial charge >= 0.3 is 0 Å². The molecule has 1 aromatic carbocycles. The molecule has 1 aromatic rings. The predicted octanol–water partition coefficient (Wildman–Crippen LogP) is 3.64. The van der Waals surface area contributed by atoms with E-state index >= 15 is 0 Å². The van der Waals surface area contributed by atoms with E-state index in [1.807, 2.05) is 4.90 Å². The van der Waals surface area contributed by atoms with Gasteiger partial charge in [-0.05, 0) is 56.6 Å². The fourth-order valence-electron chi connectivity index (χ4n) is 3.61. The molecule has 2 nitrogen and oxygen atoms in total. The highest BCUT2D eigenvalue weighted by Crippen LogP contribution is 2.35. The lowest BCUT2D eigenvalue weighted by molar-refractivity contribution is -0.119. The van der Waals surface area contributed by atoms with Crippen LogP contribution in [0.15, 0.2) is 35.4 Å². The minimum Gasteiger partial charge on any atom is -0.338 e. The number of amides is 1. The summed E-state index contributed by atoms with van der Waals surface area (Å²) in [5, 5.41) is 0. The van der Waals surface area contributed by atoms with Gasteiger partial charge in [0.05, 0.1) is 6.04 Å². The molecule has 1 aliphatic heterocycles. The van der Waals surface area contributed by atoms with Crippen LogP contribution in [0.3, 0.4) is 0 Å². The van der Waals surface area contributed by atoms with Gasteiger partial charge in [-0.15, -0.1) is 0 Å². The first-order valence-electron chi connectivity index (χ1n) is 7.75. The number of hydrogen-bond donors (Lipinski definition) is 0. The normalized spacial score (nSPS) is 22.6. The molecule has 3 rings (SSSR count). The molecule has 2 heteroatoms. The Kier molecular flexibility index (Phi) is 3.90. The van der Waals surface area contributed by atoms with Gasteiger partial charge in [0.15, 0.2) is 0 Å². The first-order valence-corrected chi connectivity index (χ1v) is 7.75. The highest BCUT2D eigenvalue weighted by Gasteiger charge is 2.29. The summed E-state index contributed by atoms with van der Waals surface area (Å²) < 4.78 is 0. The van der Waals surface area contributed by atoms with Crippen LogP contribution in [0.4, 0.5) is 0 Å². The molecule has 0 N–H and O–H groups in total. The van der Waals surface area contributed by atoms with E-state index < -0.39 is 0 Å². The first-order chi connectivity index (χ1) is 9.78. The van der Waals surface area contributed by atoms with Crippen LogP contribution in [0.1, 0.15) is 43.2 Å². The van der Waals surface area contributed by atoms with E-state index in [-0.39, 0.29) is 0 Å². The fraction of sp³-hybridized carbons (Fsp3) is 0.500. The summed E-state index contributed by atoms with van der Waals surface area (Å²) in [5.41, 5.74) is 5.84. The molecule has 0 fully saturated rings. The lowest BCUT2D eigenvalue weighted by Crippen LogP contribution is -2.42. The Balaban J connectivity index is 1.86. The summed E-state index contributed by atoms with van der Waals surface area (Å²) in [6.45, 7) is 3.02. The van der Waals surface area contributed by atoms with Crippen molar-refractivity contribution in [3.05, 3.63) is 46.5 Å². The molecule has 0 bridgehead atoms. The maximum atomic E-state index is 11.4. The van der Waals surface area contributed by atoms with E-state index in [2.05, 4.69) is 31.2 Å². The van der Waals surface area contributed by atoms with Crippen LogP contribution in [-0.2, 0) is 11.2 Å². The van der Waals surface area contributed by atoms with Crippen molar-refractivity contribution in [2.24, 2.45) is 0 Å². The Labute approximate surface area is 121 Å².